The van der Waals surface area contributed by atoms with E-state index in [-0.39, 0.29) is 0 Å². The number of hydrogen-bond donors (Lipinski definition) is 1. The molecule has 0 amide bonds. The summed E-state index contributed by atoms with van der Waals surface area (Å²) in [7, 11) is 0. The van der Waals surface area contributed by atoms with Gasteiger partial charge in [-0.05, 0) is 29.9 Å². The molecule has 0 bridgehead atoms. The Morgan fingerprint density at radius 2 is 2.36 bits per heavy atom. The van der Waals surface area contributed by atoms with Crippen LogP contribution in [0.15, 0.2) is 11.4 Å². The van der Waals surface area contributed by atoms with E-state index in [1.807, 2.05) is 6.07 Å². The van der Waals surface area contributed by atoms with Crippen LogP contribution in [0.5, 0.6) is 0 Å². The minimum Gasteiger partial charge on any atom is -0.308 e. The van der Waals surface area contributed by atoms with Gasteiger partial charge in [0.25, 0.3) is 0 Å². The highest BCUT2D eigenvalue weighted by Gasteiger charge is 2.24. The van der Waals surface area contributed by atoms with E-state index in [4.69, 9.17) is 23.2 Å². The first kappa shape index (κ1) is 10.7. The molecule has 1 N–H and O–H groups in total. The van der Waals surface area contributed by atoms with Crippen LogP contribution in [-0.2, 0) is 6.54 Å². The highest BCUT2D eigenvalue weighted by Crippen LogP contribution is 2.25. The maximum absolute atomic E-state index is 6.16. The third kappa shape index (κ3) is 2.63. The fraction of sp³-hybridized carbons (Fsp3) is 0.600. The Morgan fingerprint density at radius 3 is 2.93 bits per heavy atom. The second kappa shape index (κ2) is 4.84. The van der Waals surface area contributed by atoms with E-state index in [1.165, 1.54) is 18.4 Å². The molecule has 2 atom stereocenters. The largest absolute Gasteiger partial charge is 0.308 e. The Hall–Kier alpha value is 0.240. The fourth-order valence-electron chi connectivity index (χ4n) is 1.83. The highest BCUT2D eigenvalue weighted by molar-refractivity contribution is 7.14. The van der Waals surface area contributed by atoms with Gasteiger partial charge in [-0.15, -0.1) is 22.9 Å². The summed E-state index contributed by atoms with van der Waals surface area (Å²) in [6.07, 6.45) is 3.59. The van der Waals surface area contributed by atoms with E-state index in [1.54, 1.807) is 11.3 Å². The van der Waals surface area contributed by atoms with Crippen molar-refractivity contribution < 1.29 is 0 Å². The first-order valence-electron chi connectivity index (χ1n) is 4.86. The number of nitrogens with one attached hydrogen (secondary N) is 1. The molecule has 1 aromatic heterocycles. The lowest BCUT2D eigenvalue weighted by Gasteiger charge is -2.14. The summed E-state index contributed by atoms with van der Waals surface area (Å²) >= 11 is 13.6. The predicted molar refractivity (Wildman–Crippen MR) is 63.4 cm³/mol. The van der Waals surface area contributed by atoms with Crippen LogP contribution in [0.2, 0.25) is 4.34 Å². The van der Waals surface area contributed by atoms with Crippen molar-refractivity contribution in [2.45, 2.75) is 37.2 Å². The molecule has 1 heterocycles. The molecule has 2 unspecified atom stereocenters. The molecule has 1 aromatic rings. The Labute approximate surface area is 98.4 Å². The summed E-state index contributed by atoms with van der Waals surface area (Å²) in [6, 6.07) is 2.49. The number of rotatable bonds is 3. The zero-order chi connectivity index (χ0) is 9.97. The van der Waals surface area contributed by atoms with Crippen LogP contribution in [0.1, 0.15) is 24.8 Å². The average Bonchev–Trinajstić information content (AvgIpc) is 2.72. The van der Waals surface area contributed by atoms with Crippen LogP contribution in [-0.4, -0.2) is 11.4 Å². The van der Waals surface area contributed by atoms with Crippen molar-refractivity contribution in [2.75, 3.05) is 0 Å². The lowest BCUT2D eigenvalue weighted by Crippen LogP contribution is -2.32. The molecule has 1 aliphatic carbocycles. The molecule has 14 heavy (non-hydrogen) atoms. The SMILES string of the molecule is Clc1cc(CNC2CCCC2Cl)cs1. The monoisotopic (exact) mass is 249 g/mol. The molecule has 78 valence electrons. The smallest absolute Gasteiger partial charge is 0.0931 e. The molecule has 1 nitrogen and oxygen atoms in total. The van der Waals surface area contributed by atoms with Gasteiger partial charge in [0.05, 0.1) is 4.34 Å². The first-order chi connectivity index (χ1) is 6.75. The van der Waals surface area contributed by atoms with Crippen molar-refractivity contribution in [3.8, 4) is 0 Å². The lowest BCUT2D eigenvalue weighted by atomic mass is 10.2. The van der Waals surface area contributed by atoms with Gasteiger partial charge in [-0.2, -0.15) is 0 Å². The van der Waals surface area contributed by atoms with Crippen molar-refractivity contribution in [3.05, 3.63) is 21.3 Å². The van der Waals surface area contributed by atoms with E-state index in [0.29, 0.717) is 11.4 Å². The number of thiophene rings is 1. The van der Waals surface area contributed by atoms with Crippen LogP contribution >= 0.6 is 34.5 Å². The topological polar surface area (TPSA) is 12.0 Å². The molecule has 0 aromatic carbocycles. The second-order valence-corrected chi connectivity index (χ2v) is 5.80. The minimum atomic E-state index is 0.309. The Morgan fingerprint density at radius 1 is 1.50 bits per heavy atom. The number of hydrogen-bond acceptors (Lipinski definition) is 2. The maximum Gasteiger partial charge on any atom is 0.0931 e. The molecule has 1 aliphatic rings. The molecule has 0 spiro atoms. The molecule has 0 aliphatic heterocycles. The minimum absolute atomic E-state index is 0.309. The quantitative estimate of drug-likeness (QED) is 0.807. The number of halogens is 2. The third-order valence-corrected chi connectivity index (χ3v) is 4.28. The molecule has 0 saturated heterocycles. The summed E-state index contributed by atoms with van der Waals surface area (Å²) in [4.78, 5) is 0. The fourth-order valence-corrected chi connectivity index (χ4v) is 3.11. The predicted octanol–water partition coefficient (Wildman–Crippen LogP) is 3.65. The van der Waals surface area contributed by atoms with Gasteiger partial charge in [0.1, 0.15) is 0 Å². The standard InChI is InChI=1S/C10H13Cl2NS/c11-8-2-1-3-9(8)13-5-7-4-10(12)14-6-7/h4,6,8-9,13H,1-3,5H2. The van der Waals surface area contributed by atoms with Gasteiger partial charge in [0.15, 0.2) is 0 Å². The summed E-state index contributed by atoms with van der Waals surface area (Å²) in [5.74, 6) is 0. The highest BCUT2D eigenvalue weighted by atomic mass is 35.5. The lowest BCUT2D eigenvalue weighted by molar-refractivity contribution is 0.529. The molecule has 1 saturated carbocycles. The average molecular weight is 250 g/mol. The molecule has 4 heteroatoms. The Bertz CT molecular complexity index is 300. The zero-order valence-electron chi connectivity index (χ0n) is 7.80. The Kier molecular flexibility index (Phi) is 3.72. The molecule has 2 rings (SSSR count). The van der Waals surface area contributed by atoms with Gasteiger partial charge in [0.2, 0.25) is 0 Å². The van der Waals surface area contributed by atoms with E-state index in [0.717, 1.165) is 17.3 Å². The molecular weight excluding hydrogens is 237 g/mol. The molecular formula is C10H13Cl2NS. The van der Waals surface area contributed by atoms with Crippen molar-refractivity contribution >= 4 is 34.5 Å². The van der Waals surface area contributed by atoms with Gasteiger partial charge in [-0.1, -0.05) is 18.0 Å². The van der Waals surface area contributed by atoms with E-state index < -0.39 is 0 Å². The van der Waals surface area contributed by atoms with Crippen LogP contribution in [0, 0.1) is 0 Å². The summed E-state index contributed by atoms with van der Waals surface area (Å²) in [6.45, 7) is 0.886. The maximum atomic E-state index is 6.16. The molecule has 1 fully saturated rings. The van der Waals surface area contributed by atoms with Crippen molar-refractivity contribution in [1.29, 1.82) is 0 Å². The van der Waals surface area contributed by atoms with Crippen LogP contribution < -0.4 is 5.32 Å². The van der Waals surface area contributed by atoms with Gasteiger partial charge in [-0.25, -0.2) is 0 Å². The van der Waals surface area contributed by atoms with Crippen LogP contribution in [0.25, 0.3) is 0 Å². The summed E-state index contributed by atoms with van der Waals surface area (Å²) < 4.78 is 0.857. The molecule has 0 radical (unpaired) electrons. The van der Waals surface area contributed by atoms with Crippen molar-refractivity contribution in [3.63, 3.8) is 0 Å². The second-order valence-electron chi connectivity index (χ2n) is 3.69. The summed E-state index contributed by atoms with van der Waals surface area (Å²) in [5.41, 5.74) is 1.26. The van der Waals surface area contributed by atoms with E-state index in [9.17, 15) is 0 Å². The van der Waals surface area contributed by atoms with Crippen molar-refractivity contribution in [1.82, 2.24) is 5.32 Å². The number of alkyl halides is 1. The Balaban J connectivity index is 1.82. The zero-order valence-corrected chi connectivity index (χ0v) is 10.1. The van der Waals surface area contributed by atoms with Gasteiger partial charge < -0.3 is 5.32 Å². The van der Waals surface area contributed by atoms with Crippen molar-refractivity contribution in [2.24, 2.45) is 0 Å². The van der Waals surface area contributed by atoms with E-state index >= 15 is 0 Å². The van der Waals surface area contributed by atoms with Gasteiger partial charge in [-0.3, -0.25) is 0 Å². The van der Waals surface area contributed by atoms with Crippen LogP contribution in [0.4, 0.5) is 0 Å². The third-order valence-electron chi connectivity index (χ3n) is 2.62. The first-order valence-corrected chi connectivity index (χ1v) is 6.55. The van der Waals surface area contributed by atoms with Crippen LogP contribution in [0.3, 0.4) is 0 Å². The normalized spacial score (nSPS) is 27.0. The van der Waals surface area contributed by atoms with E-state index in [2.05, 4.69) is 10.7 Å². The van der Waals surface area contributed by atoms with Gasteiger partial charge >= 0.3 is 0 Å². The van der Waals surface area contributed by atoms with Gasteiger partial charge in [0, 0.05) is 18.0 Å². The summed E-state index contributed by atoms with van der Waals surface area (Å²) in [5, 5.41) is 5.88.